The lowest BCUT2D eigenvalue weighted by Crippen LogP contribution is -3.08. The number of carbonyl (C=O) groups is 1. The van der Waals surface area contributed by atoms with Gasteiger partial charge < -0.3 is 15.5 Å². The molecular weight excluding hydrogens is 475 g/mol. The van der Waals surface area contributed by atoms with Crippen LogP contribution >= 0.6 is 0 Å². The molecule has 0 spiro atoms. The number of nitrogens with zero attached hydrogens (tertiary/aromatic N) is 1. The number of benzene rings is 3. The predicted molar refractivity (Wildman–Crippen MR) is 155 cm³/mol. The summed E-state index contributed by atoms with van der Waals surface area (Å²) in [5, 5.41) is 6.40. The number of hydrogen-bond acceptors (Lipinski definition) is 3. The average molecular weight is 520 g/mol. The molecule has 1 amide bonds. The Morgan fingerprint density at radius 3 is 2.50 bits per heavy atom. The molecule has 1 heterocycles. The Morgan fingerprint density at radius 1 is 1.05 bits per heavy atom. The first kappa shape index (κ1) is 29.5. The van der Waals surface area contributed by atoms with E-state index in [9.17, 15) is 9.18 Å². The predicted octanol–water partition coefficient (Wildman–Crippen LogP) is 4.07. The molecule has 1 saturated heterocycles. The summed E-state index contributed by atoms with van der Waals surface area (Å²) in [4.78, 5) is 16.5. The van der Waals surface area contributed by atoms with Gasteiger partial charge in [0.05, 0.1) is 20.1 Å². The SMILES string of the molecule is CC[NH+](C)CC.Cc1cccc(C(=O)NCc2ccc(F)c(-c3cccc(CN4CCNC(C)C4)c3)c2)c1. The number of rotatable bonds is 8. The molecule has 5 nitrogen and oxygen atoms in total. The topological polar surface area (TPSA) is 48.8 Å². The number of halogens is 1. The van der Waals surface area contributed by atoms with Crippen molar-refractivity contribution in [3.05, 3.63) is 94.8 Å². The first-order chi connectivity index (χ1) is 18.3. The first-order valence-electron chi connectivity index (χ1n) is 13.8. The molecule has 38 heavy (non-hydrogen) atoms. The third kappa shape index (κ3) is 9.05. The minimum atomic E-state index is -0.258. The van der Waals surface area contributed by atoms with Crippen molar-refractivity contribution in [1.29, 1.82) is 0 Å². The van der Waals surface area contributed by atoms with Crippen LogP contribution in [0.5, 0.6) is 0 Å². The Labute approximate surface area is 228 Å². The van der Waals surface area contributed by atoms with Gasteiger partial charge in [-0.25, -0.2) is 4.39 Å². The molecule has 1 aliphatic heterocycles. The van der Waals surface area contributed by atoms with E-state index in [4.69, 9.17) is 0 Å². The van der Waals surface area contributed by atoms with Gasteiger partial charge in [0.15, 0.2) is 0 Å². The molecule has 1 atom stereocenters. The molecule has 1 aliphatic rings. The Hall–Kier alpha value is -3.06. The second-order valence-electron chi connectivity index (χ2n) is 10.3. The fourth-order valence-electron chi connectivity index (χ4n) is 4.48. The van der Waals surface area contributed by atoms with Crippen molar-refractivity contribution in [2.45, 2.75) is 46.8 Å². The van der Waals surface area contributed by atoms with E-state index in [1.807, 2.05) is 43.3 Å². The monoisotopic (exact) mass is 519 g/mol. The van der Waals surface area contributed by atoms with E-state index in [2.05, 4.69) is 55.5 Å². The zero-order valence-corrected chi connectivity index (χ0v) is 23.6. The molecule has 3 N–H and O–H groups in total. The van der Waals surface area contributed by atoms with Crippen LogP contribution < -0.4 is 15.5 Å². The fraction of sp³-hybridized carbons (Fsp3) is 0.406. The summed E-state index contributed by atoms with van der Waals surface area (Å²) in [6.07, 6.45) is 0. The lowest BCUT2D eigenvalue weighted by molar-refractivity contribution is -0.875. The zero-order chi connectivity index (χ0) is 27.5. The molecule has 204 valence electrons. The molecule has 0 bridgehead atoms. The second kappa shape index (κ2) is 14.8. The van der Waals surface area contributed by atoms with Crippen molar-refractivity contribution in [3.63, 3.8) is 0 Å². The largest absolute Gasteiger partial charge is 0.348 e. The van der Waals surface area contributed by atoms with Gasteiger partial charge in [0.2, 0.25) is 0 Å². The van der Waals surface area contributed by atoms with Gasteiger partial charge in [-0.1, -0.05) is 42.0 Å². The smallest absolute Gasteiger partial charge is 0.251 e. The highest BCUT2D eigenvalue weighted by molar-refractivity contribution is 5.94. The zero-order valence-electron chi connectivity index (χ0n) is 23.6. The highest BCUT2D eigenvalue weighted by atomic mass is 19.1. The van der Waals surface area contributed by atoms with Crippen LogP contribution in [0.1, 0.15) is 47.8 Å². The molecule has 0 saturated carbocycles. The van der Waals surface area contributed by atoms with Gasteiger partial charge in [-0.3, -0.25) is 9.69 Å². The number of aryl methyl sites for hydroxylation is 1. The maximum absolute atomic E-state index is 14.7. The molecule has 4 rings (SSSR count). The number of carbonyl (C=O) groups excluding carboxylic acids is 1. The summed E-state index contributed by atoms with van der Waals surface area (Å²) in [5.41, 5.74) is 5.12. The summed E-state index contributed by atoms with van der Waals surface area (Å²) in [5.74, 6) is -0.390. The molecule has 0 aliphatic carbocycles. The van der Waals surface area contributed by atoms with Crippen LogP contribution in [0.25, 0.3) is 11.1 Å². The van der Waals surface area contributed by atoms with E-state index in [-0.39, 0.29) is 11.7 Å². The summed E-state index contributed by atoms with van der Waals surface area (Å²) >= 11 is 0. The van der Waals surface area contributed by atoms with Crippen LogP contribution in [0.2, 0.25) is 0 Å². The Kier molecular flexibility index (Phi) is 11.5. The van der Waals surface area contributed by atoms with Gasteiger partial charge in [0.25, 0.3) is 5.91 Å². The van der Waals surface area contributed by atoms with Crippen molar-refractivity contribution >= 4 is 5.91 Å². The van der Waals surface area contributed by atoms with Crippen LogP contribution in [-0.4, -0.2) is 56.6 Å². The van der Waals surface area contributed by atoms with E-state index in [1.165, 1.54) is 24.7 Å². The van der Waals surface area contributed by atoms with Crippen LogP contribution in [-0.2, 0) is 13.1 Å². The highest BCUT2D eigenvalue weighted by Gasteiger charge is 2.16. The molecule has 0 radical (unpaired) electrons. The summed E-state index contributed by atoms with van der Waals surface area (Å²) < 4.78 is 14.7. The van der Waals surface area contributed by atoms with Crippen molar-refractivity contribution in [2.24, 2.45) is 0 Å². The lowest BCUT2D eigenvalue weighted by Gasteiger charge is -2.31. The standard InChI is InChI=1S/C27H30FN3O.C5H13N/c1-19-5-3-8-24(13-19)27(32)30-16-21-9-10-26(28)25(15-21)23-7-4-6-22(14-23)18-31-12-11-29-20(2)17-31;1-4-6(3)5-2/h3-10,13-15,20,29H,11-12,16-18H2,1-2H3,(H,30,32);4-5H2,1-3H3/p+1. The Bertz CT molecular complexity index is 1180. The highest BCUT2D eigenvalue weighted by Crippen LogP contribution is 2.26. The summed E-state index contributed by atoms with van der Waals surface area (Å²) in [6.45, 7) is 15.2. The minimum absolute atomic E-state index is 0.133. The van der Waals surface area contributed by atoms with E-state index in [0.717, 1.165) is 42.9 Å². The van der Waals surface area contributed by atoms with Gasteiger partial charge in [-0.15, -0.1) is 0 Å². The molecule has 3 aromatic rings. The lowest BCUT2D eigenvalue weighted by atomic mass is 10.00. The van der Waals surface area contributed by atoms with Gasteiger partial charge in [0.1, 0.15) is 5.82 Å². The fourth-order valence-corrected chi connectivity index (χ4v) is 4.48. The van der Waals surface area contributed by atoms with Gasteiger partial charge in [0, 0.05) is 49.9 Å². The van der Waals surface area contributed by atoms with E-state index in [1.54, 1.807) is 17.0 Å². The first-order valence-corrected chi connectivity index (χ1v) is 13.8. The second-order valence-corrected chi connectivity index (χ2v) is 10.3. The number of piperazine rings is 1. The molecule has 6 heteroatoms. The van der Waals surface area contributed by atoms with Gasteiger partial charge in [-0.05, 0) is 74.7 Å². The third-order valence-corrected chi connectivity index (χ3v) is 7.07. The van der Waals surface area contributed by atoms with Crippen LogP contribution in [0.15, 0.2) is 66.7 Å². The van der Waals surface area contributed by atoms with Crippen molar-refractivity contribution in [2.75, 3.05) is 39.8 Å². The maximum Gasteiger partial charge on any atom is 0.251 e. The normalized spacial score (nSPS) is 15.6. The molecule has 1 fully saturated rings. The summed E-state index contributed by atoms with van der Waals surface area (Å²) in [6, 6.07) is 21.1. The van der Waals surface area contributed by atoms with Crippen LogP contribution in [0, 0.1) is 12.7 Å². The van der Waals surface area contributed by atoms with E-state index < -0.39 is 0 Å². The van der Waals surface area contributed by atoms with E-state index >= 15 is 0 Å². The van der Waals surface area contributed by atoms with Gasteiger partial charge >= 0.3 is 0 Å². The number of quaternary nitrogens is 1. The van der Waals surface area contributed by atoms with Crippen molar-refractivity contribution < 1.29 is 14.1 Å². The maximum atomic E-state index is 14.7. The molecular formula is C32H44FN4O+. The number of amides is 1. The quantitative estimate of drug-likeness (QED) is 0.421. The molecule has 1 unspecified atom stereocenters. The number of nitrogens with one attached hydrogen (secondary N) is 3. The van der Waals surface area contributed by atoms with Crippen LogP contribution in [0.4, 0.5) is 4.39 Å². The summed E-state index contributed by atoms with van der Waals surface area (Å²) in [7, 11) is 2.19. The van der Waals surface area contributed by atoms with Crippen molar-refractivity contribution in [3.8, 4) is 11.1 Å². The molecule has 0 aromatic heterocycles. The van der Waals surface area contributed by atoms with E-state index in [0.29, 0.717) is 23.7 Å². The Balaban J connectivity index is 0.000000599. The Morgan fingerprint density at radius 2 is 1.82 bits per heavy atom. The molecule has 3 aromatic carbocycles. The van der Waals surface area contributed by atoms with Crippen LogP contribution in [0.3, 0.4) is 0 Å². The van der Waals surface area contributed by atoms with Gasteiger partial charge in [-0.2, -0.15) is 0 Å². The number of hydrogen-bond donors (Lipinski definition) is 3. The minimum Gasteiger partial charge on any atom is -0.348 e. The third-order valence-electron chi connectivity index (χ3n) is 7.07. The van der Waals surface area contributed by atoms with Crippen molar-refractivity contribution in [1.82, 2.24) is 15.5 Å². The average Bonchev–Trinajstić information content (AvgIpc) is 2.92.